The van der Waals surface area contributed by atoms with Crippen LogP contribution in [-0.2, 0) is 17.8 Å². The molecule has 0 aliphatic rings. The molecule has 0 aliphatic carbocycles. The smallest absolute Gasteiger partial charge is 0.354 e. The van der Waals surface area contributed by atoms with Gasteiger partial charge in [-0.15, -0.1) is 0 Å². The molecular formula is C29H28FN7O8. The first-order valence-corrected chi connectivity index (χ1v) is 12.6. The third-order valence-corrected chi connectivity index (χ3v) is 6.21. The lowest BCUT2D eigenvalue weighted by Gasteiger charge is -2.12. The van der Waals surface area contributed by atoms with Gasteiger partial charge < -0.3 is 31.9 Å². The van der Waals surface area contributed by atoms with Crippen molar-refractivity contribution in [2.24, 2.45) is 5.73 Å². The van der Waals surface area contributed by atoms with E-state index in [4.69, 9.17) is 11.5 Å². The number of rotatable bonds is 8. The van der Waals surface area contributed by atoms with Crippen molar-refractivity contribution in [2.75, 3.05) is 18.2 Å². The van der Waals surface area contributed by atoms with Crippen LogP contribution in [0.2, 0.25) is 0 Å². The first kappa shape index (κ1) is 33.3. The summed E-state index contributed by atoms with van der Waals surface area (Å²) in [6, 6.07) is 12.8. The molecule has 0 bridgehead atoms. The van der Waals surface area contributed by atoms with Gasteiger partial charge in [-0.05, 0) is 35.4 Å². The molecule has 0 unspecified atom stereocenters. The average molecular weight is 622 g/mol. The van der Waals surface area contributed by atoms with E-state index in [1.807, 2.05) is 12.1 Å². The molecule has 1 amide bonds. The molecule has 8 N–H and O–H groups in total. The van der Waals surface area contributed by atoms with E-state index in [0.29, 0.717) is 17.7 Å². The number of carboxylic acids is 1. The zero-order valence-corrected chi connectivity index (χ0v) is 22.8. The quantitative estimate of drug-likeness (QED) is 0.106. The number of benzene rings is 2. The lowest BCUT2D eigenvalue weighted by atomic mass is 10.1. The fourth-order valence-electron chi connectivity index (χ4n) is 3.88. The number of aromatic nitrogens is 3. The molecule has 0 atom stereocenters. The van der Waals surface area contributed by atoms with Crippen LogP contribution in [0, 0.1) is 5.82 Å². The predicted molar refractivity (Wildman–Crippen MR) is 162 cm³/mol. The summed E-state index contributed by atoms with van der Waals surface area (Å²) in [7, 11) is 1.36. The number of nitrogens with two attached hydrogens (primary N) is 2. The predicted octanol–water partition coefficient (Wildman–Crippen LogP) is 1.28. The number of aromatic carboxylic acids is 1. The number of fused-ring (bicyclic) bond motifs is 1. The molecule has 16 heteroatoms. The van der Waals surface area contributed by atoms with Crippen molar-refractivity contribution >= 4 is 40.6 Å². The van der Waals surface area contributed by atoms with Crippen molar-refractivity contribution in [2.45, 2.75) is 20.5 Å². The normalized spacial score (nSPS) is 10.4. The van der Waals surface area contributed by atoms with E-state index in [1.165, 1.54) is 19.2 Å². The van der Waals surface area contributed by atoms with Crippen molar-refractivity contribution in [1.29, 1.82) is 0 Å². The second kappa shape index (κ2) is 13.9. The lowest BCUT2D eigenvalue weighted by Crippen LogP contribution is -2.36. The minimum absolute atomic E-state index is 0. The molecular weight excluding hydrogens is 593 g/mol. The Labute approximate surface area is 252 Å². The number of carboxylic acid groups (broad SMARTS) is 1. The van der Waals surface area contributed by atoms with Crippen LogP contribution in [0.1, 0.15) is 49.9 Å². The van der Waals surface area contributed by atoms with Gasteiger partial charge in [0.2, 0.25) is 0 Å². The average Bonchev–Trinajstić information content (AvgIpc) is 3.42. The van der Waals surface area contributed by atoms with Gasteiger partial charge in [0.05, 0.1) is 18.4 Å². The first-order valence-electron chi connectivity index (χ1n) is 12.6. The molecule has 3 aromatic carbocycles. The van der Waals surface area contributed by atoms with Crippen molar-refractivity contribution in [3.63, 3.8) is 0 Å². The molecule has 0 radical (unpaired) electrons. The molecule has 0 spiro atoms. The van der Waals surface area contributed by atoms with Crippen molar-refractivity contribution in [3.05, 3.63) is 119 Å². The number of hydrogen-bond donors (Lipinski definition) is 6. The van der Waals surface area contributed by atoms with Gasteiger partial charge >= 0.3 is 11.9 Å². The minimum atomic E-state index is -1.38. The number of aromatic amines is 1. The third kappa shape index (κ3) is 7.26. The molecule has 5 aromatic rings. The van der Waals surface area contributed by atoms with E-state index < -0.39 is 34.1 Å². The van der Waals surface area contributed by atoms with E-state index in [9.17, 15) is 38.3 Å². The van der Waals surface area contributed by atoms with Gasteiger partial charge in [0.15, 0.2) is 11.3 Å². The maximum Gasteiger partial charge on any atom is 0.354 e. The third-order valence-electron chi connectivity index (χ3n) is 6.21. The summed E-state index contributed by atoms with van der Waals surface area (Å²) in [5, 5.41) is 16.5. The number of carbonyl (C=O) groups is 3. The molecule has 15 nitrogen and oxygen atoms in total. The molecule has 0 saturated heterocycles. The number of nitrogen functional groups attached to an aromatic ring is 1. The van der Waals surface area contributed by atoms with Crippen molar-refractivity contribution < 1.29 is 28.6 Å². The standard InChI is InChI=1S/C19H13FN6O6.C9H11NO2.CH4/c20-8-2-1-7(3-9(8)24-15-14(21)16(28)17(15)29)6-22-18(30)10-4-11(19(31)32)26-12(23-10)5-13(27)25-26;1-12-9(11)8-4-2-7(6-10)3-5-8;/h1-5,24H,6,21H2,(H,22,30)(H,25,27)(H,31,32);2-5H,6,10H2,1H3;1H4. The summed E-state index contributed by atoms with van der Waals surface area (Å²) < 4.78 is 19.5. The number of H-pyrrole nitrogens is 1. The molecule has 0 fully saturated rings. The number of nitrogens with one attached hydrogen (secondary N) is 3. The number of halogens is 1. The van der Waals surface area contributed by atoms with Crippen LogP contribution in [0.4, 0.5) is 21.5 Å². The zero-order valence-electron chi connectivity index (χ0n) is 22.8. The Morgan fingerprint density at radius 3 is 2.29 bits per heavy atom. The molecule has 5 rings (SSSR count). The summed E-state index contributed by atoms with van der Waals surface area (Å²) in [4.78, 5) is 73.0. The van der Waals surface area contributed by atoms with Crippen molar-refractivity contribution in [3.8, 4) is 0 Å². The maximum absolute atomic E-state index is 14.1. The topological polar surface area (TPSA) is 241 Å². The second-order valence-corrected chi connectivity index (χ2v) is 9.11. The number of carbonyl (C=O) groups excluding carboxylic acids is 2. The van der Waals surface area contributed by atoms with Crippen LogP contribution in [0.25, 0.3) is 5.65 Å². The summed E-state index contributed by atoms with van der Waals surface area (Å²) >= 11 is 0. The maximum atomic E-state index is 14.1. The highest BCUT2D eigenvalue weighted by Crippen LogP contribution is 2.22. The van der Waals surface area contributed by atoms with Gasteiger partial charge in [-0.3, -0.25) is 24.3 Å². The molecule has 45 heavy (non-hydrogen) atoms. The Kier molecular flexibility index (Phi) is 10.3. The zero-order chi connectivity index (χ0) is 32.1. The van der Waals surface area contributed by atoms with E-state index in [-0.39, 0.29) is 54.0 Å². The van der Waals surface area contributed by atoms with Gasteiger partial charge in [0, 0.05) is 25.2 Å². The monoisotopic (exact) mass is 621 g/mol. The summed E-state index contributed by atoms with van der Waals surface area (Å²) in [5.74, 6) is -3.17. The van der Waals surface area contributed by atoms with Crippen LogP contribution in [0.3, 0.4) is 0 Å². The molecule has 0 aliphatic heterocycles. The van der Waals surface area contributed by atoms with Crippen LogP contribution in [-0.4, -0.2) is 44.7 Å². The van der Waals surface area contributed by atoms with Gasteiger partial charge in [0.1, 0.15) is 22.9 Å². The lowest BCUT2D eigenvalue weighted by molar-refractivity contribution is 0.0599. The molecule has 2 heterocycles. The highest BCUT2D eigenvalue weighted by atomic mass is 19.1. The van der Waals surface area contributed by atoms with Gasteiger partial charge in [0.25, 0.3) is 22.3 Å². The SMILES string of the molecule is C.COC(=O)c1ccc(CN)cc1.Nc1c(Nc2cc(CNC(=O)c3cc(C(=O)O)n4[nH]c(=O)cc4n3)ccc2F)c(=O)c1=O. The number of esters is 1. The molecule has 234 valence electrons. The van der Waals surface area contributed by atoms with E-state index in [0.717, 1.165) is 28.3 Å². The van der Waals surface area contributed by atoms with Crippen LogP contribution in [0.5, 0.6) is 0 Å². The van der Waals surface area contributed by atoms with Crippen LogP contribution >= 0.6 is 0 Å². The Bertz CT molecular complexity index is 2030. The summed E-state index contributed by atoms with van der Waals surface area (Å²) in [5.41, 5.74) is 9.15. The number of ether oxygens (including phenoxy) is 1. The van der Waals surface area contributed by atoms with E-state index >= 15 is 0 Å². The van der Waals surface area contributed by atoms with Crippen molar-refractivity contribution in [1.82, 2.24) is 19.9 Å². The number of anilines is 3. The summed E-state index contributed by atoms with van der Waals surface area (Å²) in [6.45, 7) is 0.381. The second-order valence-electron chi connectivity index (χ2n) is 9.11. The number of methoxy groups -OCH3 is 1. The fraction of sp³-hybridized carbons (Fsp3) is 0.138. The van der Waals surface area contributed by atoms with E-state index in [1.54, 1.807) is 12.1 Å². The molecule has 0 saturated carbocycles. The van der Waals surface area contributed by atoms with E-state index in [2.05, 4.69) is 25.5 Å². The fourth-order valence-corrected chi connectivity index (χ4v) is 3.88. The van der Waals surface area contributed by atoms with Crippen LogP contribution in [0.15, 0.2) is 69.0 Å². The van der Waals surface area contributed by atoms with Gasteiger partial charge in [-0.1, -0.05) is 25.6 Å². The Morgan fingerprint density at radius 2 is 1.69 bits per heavy atom. The Balaban J connectivity index is 0.000000359. The Hall–Kier alpha value is -6.16. The first-order chi connectivity index (χ1) is 20.9. The minimum Gasteiger partial charge on any atom is -0.477 e. The van der Waals surface area contributed by atoms with Crippen LogP contribution < -0.4 is 38.5 Å². The summed E-state index contributed by atoms with van der Waals surface area (Å²) in [6.07, 6.45) is 0. The number of nitrogens with zero attached hydrogens (tertiary/aromatic N) is 2. The number of amides is 1. The van der Waals surface area contributed by atoms with Gasteiger partial charge in [-0.2, -0.15) is 0 Å². The highest BCUT2D eigenvalue weighted by Gasteiger charge is 2.20. The Morgan fingerprint density at radius 1 is 1.02 bits per heavy atom. The molecule has 2 aromatic heterocycles. The largest absolute Gasteiger partial charge is 0.477 e. The van der Waals surface area contributed by atoms with Gasteiger partial charge in [-0.25, -0.2) is 23.5 Å². The highest BCUT2D eigenvalue weighted by molar-refractivity contribution is 5.96. The number of hydrogen-bond acceptors (Lipinski definition) is 11.